The molecule has 0 spiro atoms. The molecule has 2 N–H and O–H groups in total. The van der Waals surface area contributed by atoms with Crippen LogP contribution in [-0.2, 0) is 4.79 Å². The van der Waals surface area contributed by atoms with E-state index in [1.807, 2.05) is 0 Å². The summed E-state index contributed by atoms with van der Waals surface area (Å²) in [6, 6.07) is 0.0968. The van der Waals surface area contributed by atoms with E-state index in [1.165, 1.54) is 19.3 Å². The summed E-state index contributed by atoms with van der Waals surface area (Å²) in [5.74, 6) is 1.53. The van der Waals surface area contributed by atoms with Gasteiger partial charge >= 0.3 is 0 Å². The molecule has 0 aromatic carbocycles. The summed E-state index contributed by atoms with van der Waals surface area (Å²) in [6.07, 6.45) is 8.67. The Morgan fingerprint density at radius 1 is 1.38 bits per heavy atom. The van der Waals surface area contributed by atoms with Gasteiger partial charge in [-0.1, -0.05) is 39.5 Å². The highest BCUT2D eigenvalue weighted by Gasteiger charge is 2.26. The van der Waals surface area contributed by atoms with Crippen LogP contribution in [0.5, 0.6) is 0 Å². The fourth-order valence-corrected chi connectivity index (χ4v) is 2.85. The number of hydrogen-bond donors (Lipinski definition) is 1. The molecule has 3 unspecified atom stereocenters. The minimum absolute atomic E-state index is 0.0968. The first kappa shape index (κ1) is 13.7. The van der Waals surface area contributed by atoms with E-state index in [1.54, 1.807) is 0 Å². The Morgan fingerprint density at radius 3 is 2.75 bits per heavy atom. The number of carbonyl (C=O) groups is 1. The predicted octanol–water partition coefficient (Wildman–Crippen LogP) is 3.29. The summed E-state index contributed by atoms with van der Waals surface area (Å²) in [7, 11) is 0. The molecule has 16 heavy (non-hydrogen) atoms. The van der Waals surface area contributed by atoms with Crippen molar-refractivity contribution in [3.05, 3.63) is 0 Å². The molecule has 1 saturated carbocycles. The maximum absolute atomic E-state index is 12.1. The topological polar surface area (TPSA) is 43.1 Å². The molecule has 0 radical (unpaired) electrons. The molecule has 0 aromatic rings. The van der Waals surface area contributed by atoms with E-state index in [9.17, 15) is 4.79 Å². The zero-order chi connectivity index (χ0) is 12.0. The average molecular weight is 225 g/mol. The van der Waals surface area contributed by atoms with Crippen LogP contribution in [0.4, 0.5) is 0 Å². The van der Waals surface area contributed by atoms with Crippen molar-refractivity contribution in [3.8, 4) is 0 Å². The quantitative estimate of drug-likeness (QED) is 0.753. The van der Waals surface area contributed by atoms with Gasteiger partial charge in [-0.25, -0.2) is 0 Å². The number of carbonyl (C=O) groups excluding carboxylic acids is 1. The monoisotopic (exact) mass is 225 g/mol. The summed E-state index contributed by atoms with van der Waals surface area (Å²) >= 11 is 0. The third-order valence-electron chi connectivity index (χ3n) is 3.94. The molecule has 94 valence electrons. The van der Waals surface area contributed by atoms with Gasteiger partial charge in [-0.05, 0) is 25.2 Å². The molecule has 0 saturated heterocycles. The number of nitrogens with two attached hydrogens (primary N) is 1. The Morgan fingerprint density at radius 2 is 2.12 bits per heavy atom. The second-order valence-electron chi connectivity index (χ2n) is 5.36. The zero-order valence-corrected chi connectivity index (χ0v) is 10.9. The lowest BCUT2D eigenvalue weighted by Gasteiger charge is -2.28. The molecular formula is C14H27NO. The van der Waals surface area contributed by atoms with Crippen molar-refractivity contribution in [1.29, 1.82) is 0 Å². The van der Waals surface area contributed by atoms with E-state index in [0.29, 0.717) is 18.1 Å². The van der Waals surface area contributed by atoms with Gasteiger partial charge in [-0.3, -0.25) is 4.79 Å². The molecule has 1 rings (SSSR count). The van der Waals surface area contributed by atoms with Gasteiger partial charge in [0.25, 0.3) is 0 Å². The van der Waals surface area contributed by atoms with E-state index >= 15 is 0 Å². The third kappa shape index (κ3) is 4.25. The van der Waals surface area contributed by atoms with E-state index in [2.05, 4.69) is 13.8 Å². The molecule has 0 aliphatic heterocycles. The molecule has 1 aliphatic rings. The van der Waals surface area contributed by atoms with Crippen LogP contribution in [-0.4, -0.2) is 11.8 Å². The first-order chi connectivity index (χ1) is 7.67. The Balaban J connectivity index is 2.35. The largest absolute Gasteiger partial charge is 0.327 e. The van der Waals surface area contributed by atoms with Gasteiger partial charge in [-0.15, -0.1) is 0 Å². The normalized spacial score (nSPS) is 27.7. The van der Waals surface area contributed by atoms with Crippen molar-refractivity contribution in [2.45, 2.75) is 71.3 Å². The third-order valence-corrected chi connectivity index (χ3v) is 3.94. The van der Waals surface area contributed by atoms with Crippen molar-refractivity contribution >= 4 is 5.78 Å². The van der Waals surface area contributed by atoms with Crippen molar-refractivity contribution in [2.24, 2.45) is 17.6 Å². The summed E-state index contributed by atoms with van der Waals surface area (Å²) in [5.41, 5.74) is 5.94. The van der Waals surface area contributed by atoms with Gasteiger partial charge in [0.1, 0.15) is 5.78 Å². The molecule has 0 heterocycles. The van der Waals surface area contributed by atoms with Gasteiger partial charge < -0.3 is 5.73 Å². The number of hydrogen-bond acceptors (Lipinski definition) is 2. The fourth-order valence-electron chi connectivity index (χ4n) is 2.85. The lowest BCUT2D eigenvalue weighted by Crippen LogP contribution is -2.29. The van der Waals surface area contributed by atoms with Crippen LogP contribution in [0.1, 0.15) is 65.2 Å². The minimum Gasteiger partial charge on any atom is -0.327 e. The van der Waals surface area contributed by atoms with Crippen molar-refractivity contribution in [2.75, 3.05) is 0 Å². The van der Waals surface area contributed by atoms with Crippen LogP contribution in [0.2, 0.25) is 0 Å². The van der Waals surface area contributed by atoms with E-state index in [4.69, 9.17) is 5.73 Å². The maximum Gasteiger partial charge on any atom is 0.137 e. The van der Waals surface area contributed by atoms with E-state index < -0.39 is 0 Å². The number of Topliss-reactive ketones (excluding diaryl/α,β-unsaturated/α-hetero) is 1. The molecule has 1 fully saturated rings. The van der Waals surface area contributed by atoms with Crippen LogP contribution in [0.25, 0.3) is 0 Å². The highest BCUT2D eigenvalue weighted by atomic mass is 16.1. The summed E-state index contributed by atoms with van der Waals surface area (Å²) in [5, 5.41) is 0. The number of rotatable bonds is 6. The molecule has 0 aromatic heterocycles. The second kappa shape index (κ2) is 7.05. The first-order valence-electron chi connectivity index (χ1n) is 6.95. The summed E-state index contributed by atoms with van der Waals surface area (Å²) in [6.45, 7) is 4.36. The highest BCUT2D eigenvalue weighted by molar-refractivity contribution is 5.81. The number of ketones is 1. The van der Waals surface area contributed by atoms with Crippen molar-refractivity contribution in [3.63, 3.8) is 0 Å². The lowest BCUT2D eigenvalue weighted by atomic mass is 9.77. The van der Waals surface area contributed by atoms with Gasteiger partial charge in [0.05, 0.1) is 0 Å². The Labute approximate surface area is 100.0 Å². The Bertz CT molecular complexity index is 215. The summed E-state index contributed by atoms with van der Waals surface area (Å²) in [4.78, 5) is 12.1. The molecule has 1 aliphatic carbocycles. The SMILES string of the molecule is CCCC(N)CC(=O)C1CCCC(CC)C1. The lowest BCUT2D eigenvalue weighted by molar-refractivity contribution is -0.124. The fraction of sp³-hybridized carbons (Fsp3) is 0.929. The molecule has 2 nitrogen and oxygen atoms in total. The molecule has 0 amide bonds. The predicted molar refractivity (Wildman–Crippen MR) is 68.2 cm³/mol. The van der Waals surface area contributed by atoms with Crippen LogP contribution < -0.4 is 5.73 Å². The van der Waals surface area contributed by atoms with Crippen LogP contribution >= 0.6 is 0 Å². The zero-order valence-electron chi connectivity index (χ0n) is 10.9. The molecular weight excluding hydrogens is 198 g/mol. The van der Waals surface area contributed by atoms with Gasteiger partial charge in [0.15, 0.2) is 0 Å². The van der Waals surface area contributed by atoms with Gasteiger partial charge in [0, 0.05) is 18.4 Å². The standard InChI is InChI=1S/C14H27NO/c1-3-6-13(15)10-14(16)12-8-5-7-11(4-2)9-12/h11-13H,3-10,15H2,1-2H3. The molecule has 0 bridgehead atoms. The minimum atomic E-state index is 0.0968. The van der Waals surface area contributed by atoms with Crippen LogP contribution in [0, 0.1) is 11.8 Å². The average Bonchev–Trinajstić information content (AvgIpc) is 2.29. The smallest absolute Gasteiger partial charge is 0.137 e. The van der Waals surface area contributed by atoms with Crippen molar-refractivity contribution in [1.82, 2.24) is 0 Å². The Kier molecular flexibility index (Phi) is 6.04. The van der Waals surface area contributed by atoms with Gasteiger partial charge in [-0.2, -0.15) is 0 Å². The van der Waals surface area contributed by atoms with Gasteiger partial charge in [0.2, 0.25) is 0 Å². The van der Waals surface area contributed by atoms with Crippen LogP contribution in [0.3, 0.4) is 0 Å². The first-order valence-corrected chi connectivity index (χ1v) is 6.95. The second-order valence-corrected chi connectivity index (χ2v) is 5.36. The van der Waals surface area contributed by atoms with Crippen molar-refractivity contribution < 1.29 is 4.79 Å². The van der Waals surface area contributed by atoms with E-state index in [0.717, 1.165) is 31.6 Å². The molecule has 3 atom stereocenters. The molecule has 2 heteroatoms. The summed E-state index contributed by atoms with van der Waals surface area (Å²) < 4.78 is 0. The van der Waals surface area contributed by atoms with E-state index in [-0.39, 0.29) is 6.04 Å². The Hall–Kier alpha value is -0.370. The highest BCUT2D eigenvalue weighted by Crippen LogP contribution is 2.32. The van der Waals surface area contributed by atoms with Crippen LogP contribution in [0.15, 0.2) is 0 Å². The maximum atomic E-state index is 12.1.